The molecular formula is C38H50N8O4S. The van der Waals surface area contributed by atoms with Crippen molar-refractivity contribution in [2.45, 2.75) is 71.7 Å². The topological polar surface area (TPSA) is 157 Å². The third-order valence-electron chi connectivity index (χ3n) is 9.37. The molecule has 0 aliphatic carbocycles. The standard InChI is InChI=1S/C38H50N8O4S/c1-26-34(51-25-42-26)29-12-9-28(10-13-29)23-41-36(49)31-21-30(47)24-46(31)37(50)35(38(2,3)4)43-33(48)8-6-16-44-17-19-45(20-18-44)32-14-11-27(22-40-32)7-5-15-39/h9-14,22,25,30-31,35,47H,6,8,15-21,23-24,39H2,1-4H3,(H,41,49)(H,43,48)/t30-,31+,35?/m1/s1. The zero-order valence-electron chi connectivity index (χ0n) is 30.0. The van der Waals surface area contributed by atoms with Gasteiger partial charge in [0.15, 0.2) is 0 Å². The maximum Gasteiger partial charge on any atom is 0.246 e. The van der Waals surface area contributed by atoms with E-state index in [1.54, 1.807) is 17.5 Å². The van der Waals surface area contributed by atoms with Gasteiger partial charge in [-0.15, -0.1) is 11.3 Å². The average Bonchev–Trinajstić information content (AvgIpc) is 3.73. The fourth-order valence-electron chi connectivity index (χ4n) is 6.48. The molecule has 3 amide bonds. The van der Waals surface area contributed by atoms with E-state index in [9.17, 15) is 19.5 Å². The number of rotatable bonds is 11. The van der Waals surface area contributed by atoms with Crippen LogP contribution in [0.5, 0.6) is 0 Å². The van der Waals surface area contributed by atoms with Crippen LogP contribution >= 0.6 is 11.3 Å². The molecule has 5 rings (SSSR count). The monoisotopic (exact) mass is 714 g/mol. The van der Waals surface area contributed by atoms with Gasteiger partial charge in [-0.25, -0.2) is 9.97 Å². The van der Waals surface area contributed by atoms with Gasteiger partial charge in [0.1, 0.15) is 17.9 Å². The molecule has 2 aliphatic heterocycles. The molecule has 1 unspecified atom stereocenters. The summed E-state index contributed by atoms with van der Waals surface area (Å²) in [6.45, 7) is 12.5. The number of nitrogens with one attached hydrogen (secondary N) is 2. The van der Waals surface area contributed by atoms with E-state index in [1.807, 2.05) is 69.6 Å². The number of hydrogen-bond donors (Lipinski definition) is 4. The van der Waals surface area contributed by atoms with E-state index < -0.39 is 23.6 Å². The van der Waals surface area contributed by atoms with Gasteiger partial charge in [0.2, 0.25) is 17.7 Å². The van der Waals surface area contributed by atoms with E-state index in [1.165, 1.54) is 4.90 Å². The molecule has 1 aromatic carbocycles. The highest BCUT2D eigenvalue weighted by Gasteiger charge is 2.44. The maximum absolute atomic E-state index is 14.0. The lowest BCUT2D eigenvalue weighted by molar-refractivity contribution is -0.144. The third-order valence-corrected chi connectivity index (χ3v) is 10.3. The third kappa shape index (κ3) is 10.1. The predicted octanol–water partition coefficient (Wildman–Crippen LogP) is 2.54. The minimum absolute atomic E-state index is 0.0380. The normalized spacial score (nSPS) is 18.5. The van der Waals surface area contributed by atoms with E-state index in [-0.39, 0.29) is 37.1 Å². The Hall–Kier alpha value is -4.35. The van der Waals surface area contributed by atoms with Crippen LogP contribution in [0.4, 0.5) is 5.82 Å². The number of pyridine rings is 1. The summed E-state index contributed by atoms with van der Waals surface area (Å²) in [6, 6.07) is 10.2. The second-order valence-corrected chi connectivity index (χ2v) is 15.1. The number of nitrogens with two attached hydrogens (primary N) is 1. The van der Waals surface area contributed by atoms with Gasteiger partial charge in [-0.3, -0.25) is 19.3 Å². The summed E-state index contributed by atoms with van der Waals surface area (Å²) in [5, 5.41) is 16.5. The Balaban J connectivity index is 1.09. The largest absolute Gasteiger partial charge is 0.391 e. The first kappa shape index (κ1) is 37.9. The van der Waals surface area contributed by atoms with Crippen molar-refractivity contribution in [3.05, 3.63) is 64.9 Å². The number of β-amino-alcohol motifs (C(OH)–C–C–N with tert-alkyl or cyclic N) is 1. The zero-order valence-corrected chi connectivity index (χ0v) is 30.8. The van der Waals surface area contributed by atoms with Crippen molar-refractivity contribution in [2.24, 2.45) is 11.1 Å². The molecular weight excluding hydrogens is 665 g/mol. The summed E-state index contributed by atoms with van der Waals surface area (Å²) in [5.74, 6) is 5.86. The van der Waals surface area contributed by atoms with Crippen LogP contribution in [0.15, 0.2) is 48.1 Å². The molecule has 2 aromatic heterocycles. The van der Waals surface area contributed by atoms with Gasteiger partial charge in [0.25, 0.3) is 0 Å². The number of nitrogens with zero attached hydrogens (tertiary/aromatic N) is 5. The number of anilines is 1. The number of aliphatic hydroxyl groups is 1. The molecule has 2 fully saturated rings. The quantitative estimate of drug-likeness (QED) is 0.219. The van der Waals surface area contributed by atoms with Crippen LogP contribution in [0.3, 0.4) is 0 Å². The smallest absolute Gasteiger partial charge is 0.246 e. The van der Waals surface area contributed by atoms with Gasteiger partial charge < -0.3 is 31.3 Å². The lowest BCUT2D eigenvalue weighted by Gasteiger charge is -2.36. The molecule has 2 aliphatic rings. The highest BCUT2D eigenvalue weighted by Crippen LogP contribution is 2.28. The number of hydrogen-bond acceptors (Lipinski definition) is 10. The fourth-order valence-corrected chi connectivity index (χ4v) is 7.29. The van der Waals surface area contributed by atoms with Crippen molar-refractivity contribution in [3.63, 3.8) is 0 Å². The lowest BCUT2D eigenvalue weighted by atomic mass is 9.85. The Bertz CT molecular complexity index is 1700. The Kier molecular flexibility index (Phi) is 12.8. The van der Waals surface area contributed by atoms with Gasteiger partial charge in [-0.1, -0.05) is 56.9 Å². The molecule has 3 atom stereocenters. The van der Waals surface area contributed by atoms with Crippen molar-refractivity contribution in [1.29, 1.82) is 0 Å². The Labute approximate surface area is 304 Å². The van der Waals surface area contributed by atoms with Gasteiger partial charge >= 0.3 is 0 Å². The van der Waals surface area contributed by atoms with Crippen LogP contribution in [0.1, 0.15) is 56.9 Å². The molecule has 0 bridgehead atoms. The molecule has 272 valence electrons. The van der Waals surface area contributed by atoms with Crippen LogP contribution in [0.25, 0.3) is 10.4 Å². The van der Waals surface area contributed by atoms with E-state index in [0.717, 1.165) is 65.8 Å². The van der Waals surface area contributed by atoms with Crippen molar-refractivity contribution >= 4 is 34.9 Å². The number of aromatic nitrogens is 2. The van der Waals surface area contributed by atoms with Crippen LogP contribution in [0.2, 0.25) is 0 Å². The number of thiazole rings is 1. The number of carbonyl (C=O) groups excluding carboxylic acids is 3. The van der Waals surface area contributed by atoms with Crippen molar-refractivity contribution in [1.82, 2.24) is 30.4 Å². The van der Waals surface area contributed by atoms with Crippen LogP contribution in [-0.2, 0) is 20.9 Å². The number of piperazine rings is 1. The van der Waals surface area contributed by atoms with Crippen LogP contribution in [0, 0.1) is 24.2 Å². The van der Waals surface area contributed by atoms with Crippen molar-refractivity contribution in [2.75, 3.05) is 50.7 Å². The summed E-state index contributed by atoms with van der Waals surface area (Å²) in [4.78, 5) is 56.5. The second kappa shape index (κ2) is 17.2. The second-order valence-electron chi connectivity index (χ2n) is 14.3. The first-order valence-electron chi connectivity index (χ1n) is 17.6. The Morgan fingerprint density at radius 1 is 1.08 bits per heavy atom. The average molecular weight is 715 g/mol. The predicted molar refractivity (Wildman–Crippen MR) is 200 cm³/mol. The number of benzene rings is 1. The minimum Gasteiger partial charge on any atom is -0.391 e. The first-order valence-corrected chi connectivity index (χ1v) is 18.5. The van der Waals surface area contributed by atoms with E-state index >= 15 is 0 Å². The van der Waals surface area contributed by atoms with E-state index in [4.69, 9.17) is 5.73 Å². The fraction of sp³-hybridized carbons (Fsp3) is 0.500. The number of likely N-dealkylation sites (tertiary alicyclic amines) is 1. The van der Waals surface area contributed by atoms with Gasteiger partial charge in [-0.2, -0.15) is 0 Å². The van der Waals surface area contributed by atoms with Gasteiger partial charge in [0.05, 0.1) is 28.7 Å². The molecule has 12 nitrogen and oxygen atoms in total. The summed E-state index contributed by atoms with van der Waals surface area (Å²) in [7, 11) is 0. The highest BCUT2D eigenvalue weighted by atomic mass is 32.1. The molecule has 4 heterocycles. The molecule has 51 heavy (non-hydrogen) atoms. The molecule has 2 saturated heterocycles. The molecule has 0 radical (unpaired) electrons. The zero-order chi connectivity index (χ0) is 36.5. The molecule has 0 spiro atoms. The molecule has 5 N–H and O–H groups in total. The molecule has 3 aromatic rings. The molecule has 0 saturated carbocycles. The van der Waals surface area contributed by atoms with Crippen molar-refractivity contribution in [3.8, 4) is 22.3 Å². The van der Waals surface area contributed by atoms with Gasteiger partial charge in [-0.05, 0) is 48.6 Å². The lowest BCUT2D eigenvalue weighted by Crippen LogP contribution is -2.57. The summed E-state index contributed by atoms with van der Waals surface area (Å²) >= 11 is 1.59. The SMILES string of the molecule is Cc1ncsc1-c1ccc(CNC(=O)[C@@H]2C[C@@H](O)CN2C(=O)C(NC(=O)CCCN2CCN(c3ccc(C#CCN)cn3)CC2)C(C)(C)C)cc1. The minimum atomic E-state index is -0.850. The summed E-state index contributed by atoms with van der Waals surface area (Å²) in [6.07, 6.45) is 2.02. The summed E-state index contributed by atoms with van der Waals surface area (Å²) in [5.41, 5.74) is 10.5. The van der Waals surface area contributed by atoms with E-state index in [2.05, 4.69) is 42.2 Å². The first-order chi connectivity index (χ1) is 24.4. The Morgan fingerprint density at radius 2 is 1.82 bits per heavy atom. The number of carbonyl (C=O) groups is 3. The number of aryl methyl sites for hydroxylation is 1. The Morgan fingerprint density at radius 3 is 2.45 bits per heavy atom. The maximum atomic E-state index is 14.0. The highest BCUT2D eigenvalue weighted by molar-refractivity contribution is 7.13. The van der Waals surface area contributed by atoms with Crippen LogP contribution < -0.4 is 21.3 Å². The number of amides is 3. The molecule has 13 heteroatoms. The van der Waals surface area contributed by atoms with Crippen molar-refractivity contribution < 1.29 is 19.5 Å². The number of aliphatic hydroxyl groups excluding tert-OH is 1. The van der Waals surface area contributed by atoms with Crippen LogP contribution in [-0.4, -0.2) is 107 Å². The summed E-state index contributed by atoms with van der Waals surface area (Å²) < 4.78 is 0. The van der Waals surface area contributed by atoms with Gasteiger partial charge in [0, 0.05) is 63.9 Å². The van der Waals surface area contributed by atoms with E-state index in [0.29, 0.717) is 19.5 Å².